The van der Waals surface area contributed by atoms with Gasteiger partial charge in [-0.2, -0.15) is 0 Å². The number of benzene rings is 2. The standard InChI is InChI=1S/C19H15NO/c21-19(16-10-13-4-1-2-5-14(13)11-16)18-7-3-6-15-12-20-9-8-17(15)18/h1-9,12,16H,10-11H2. The largest absolute Gasteiger partial charge is 0.294 e. The first-order valence-electron chi connectivity index (χ1n) is 7.26. The van der Waals surface area contributed by atoms with E-state index in [1.54, 1.807) is 6.20 Å². The predicted octanol–water partition coefficient (Wildman–Crippen LogP) is 3.83. The number of carbonyl (C=O) groups excluding carboxylic acids is 1. The Balaban J connectivity index is 1.72. The molecule has 3 aromatic rings. The average Bonchev–Trinajstić information content (AvgIpc) is 2.97. The van der Waals surface area contributed by atoms with Crippen molar-refractivity contribution in [2.75, 3.05) is 0 Å². The molecule has 0 amide bonds. The van der Waals surface area contributed by atoms with Gasteiger partial charge in [-0.3, -0.25) is 9.78 Å². The summed E-state index contributed by atoms with van der Waals surface area (Å²) in [5, 5.41) is 2.03. The third kappa shape index (κ3) is 2.04. The van der Waals surface area contributed by atoms with E-state index in [2.05, 4.69) is 29.2 Å². The van der Waals surface area contributed by atoms with Gasteiger partial charge in [0.2, 0.25) is 0 Å². The molecule has 0 N–H and O–H groups in total. The highest BCUT2D eigenvalue weighted by Crippen LogP contribution is 2.30. The van der Waals surface area contributed by atoms with Crippen LogP contribution in [0.15, 0.2) is 60.9 Å². The Morgan fingerprint density at radius 1 is 0.952 bits per heavy atom. The third-order valence-corrected chi connectivity index (χ3v) is 4.37. The van der Waals surface area contributed by atoms with Crippen molar-refractivity contribution in [3.05, 3.63) is 77.6 Å². The maximum absolute atomic E-state index is 12.9. The molecule has 2 heteroatoms. The molecule has 0 unspecified atom stereocenters. The second kappa shape index (κ2) is 4.81. The molecule has 21 heavy (non-hydrogen) atoms. The molecule has 0 fully saturated rings. The van der Waals surface area contributed by atoms with Gasteiger partial charge in [-0.05, 0) is 35.4 Å². The van der Waals surface area contributed by atoms with Crippen LogP contribution in [0.1, 0.15) is 21.5 Å². The van der Waals surface area contributed by atoms with E-state index in [1.807, 2.05) is 30.5 Å². The number of rotatable bonds is 2. The third-order valence-electron chi connectivity index (χ3n) is 4.37. The van der Waals surface area contributed by atoms with Gasteiger partial charge in [-0.1, -0.05) is 42.5 Å². The Bertz CT molecular complexity index is 807. The number of nitrogens with zero attached hydrogens (tertiary/aromatic N) is 1. The molecule has 0 spiro atoms. The van der Waals surface area contributed by atoms with E-state index in [-0.39, 0.29) is 11.7 Å². The first-order valence-corrected chi connectivity index (χ1v) is 7.26. The van der Waals surface area contributed by atoms with Crippen molar-refractivity contribution >= 4 is 16.6 Å². The smallest absolute Gasteiger partial charge is 0.167 e. The monoisotopic (exact) mass is 273 g/mol. The molecular formula is C19H15NO. The van der Waals surface area contributed by atoms with Crippen LogP contribution in [0.2, 0.25) is 0 Å². The van der Waals surface area contributed by atoms with Gasteiger partial charge in [-0.15, -0.1) is 0 Å². The van der Waals surface area contributed by atoms with E-state index in [1.165, 1.54) is 11.1 Å². The highest BCUT2D eigenvalue weighted by molar-refractivity contribution is 6.09. The minimum Gasteiger partial charge on any atom is -0.294 e. The van der Waals surface area contributed by atoms with Crippen molar-refractivity contribution < 1.29 is 4.79 Å². The predicted molar refractivity (Wildman–Crippen MR) is 83.4 cm³/mol. The Morgan fingerprint density at radius 2 is 1.71 bits per heavy atom. The zero-order valence-corrected chi connectivity index (χ0v) is 11.6. The number of Topliss-reactive ketones (excluding diaryl/α,β-unsaturated/α-hetero) is 1. The zero-order chi connectivity index (χ0) is 14.2. The number of fused-ring (bicyclic) bond motifs is 2. The van der Waals surface area contributed by atoms with Gasteiger partial charge >= 0.3 is 0 Å². The first-order chi connectivity index (χ1) is 10.3. The van der Waals surface area contributed by atoms with Crippen LogP contribution in [-0.4, -0.2) is 10.8 Å². The lowest BCUT2D eigenvalue weighted by Crippen LogP contribution is -2.15. The van der Waals surface area contributed by atoms with Gasteiger partial charge in [0.1, 0.15) is 0 Å². The number of carbonyl (C=O) groups is 1. The topological polar surface area (TPSA) is 30.0 Å². The summed E-state index contributed by atoms with van der Waals surface area (Å²) >= 11 is 0. The fourth-order valence-electron chi connectivity index (χ4n) is 3.30. The molecule has 1 aliphatic rings. The lowest BCUT2D eigenvalue weighted by molar-refractivity contribution is 0.0926. The second-order valence-electron chi connectivity index (χ2n) is 5.64. The Kier molecular flexibility index (Phi) is 2.81. The summed E-state index contributed by atoms with van der Waals surface area (Å²) in [5.74, 6) is 0.323. The highest BCUT2D eigenvalue weighted by atomic mass is 16.1. The van der Waals surface area contributed by atoms with Gasteiger partial charge in [-0.25, -0.2) is 0 Å². The maximum atomic E-state index is 12.9. The van der Waals surface area contributed by atoms with Crippen molar-refractivity contribution in [2.45, 2.75) is 12.8 Å². The van der Waals surface area contributed by atoms with E-state index in [9.17, 15) is 4.79 Å². The van der Waals surface area contributed by atoms with Gasteiger partial charge in [0.25, 0.3) is 0 Å². The molecule has 0 radical (unpaired) electrons. The molecule has 102 valence electrons. The molecule has 0 saturated heterocycles. The van der Waals surface area contributed by atoms with Gasteiger partial charge in [0.05, 0.1) is 0 Å². The number of hydrogen-bond donors (Lipinski definition) is 0. The molecule has 1 aliphatic carbocycles. The molecule has 1 aromatic heterocycles. The van der Waals surface area contributed by atoms with E-state index in [0.29, 0.717) is 0 Å². The first kappa shape index (κ1) is 12.3. The molecule has 0 aliphatic heterocycles. The molecule has 0 atom stereocenters. The zero-order valence-electron chi connectivity index (χ0n) is 11.6. The Hall–Kier alpha value is -2.48. The molecule has 2 aromatic carbocycles. The van der Waals surface area contributed by atoms with E-state index < -0.39 is 0 Å². The second-order valence-corrected chi connectivity index (χ2v) is 5.64. The van der Waals surface area contributed by atoms with E-state index >= 15 is 0 Å². The molecule has 0 bridgehead atoms. The molecule has 0 saturated carbocycles. The van der Waals surface area contributed by atoms with Crippen LogP contribution in [-0.2, 0) is 12.8 Å². The SMILES string of the molecule is O=C(c1cccc2cnccc12)C1Cc2ccccc2C1. The average molecular weight is 273 g/mol. The van der Waals surface area contributed by atoms with Crippen LogP contribution >= 0.6 is 0 Å². The summed E-state index contributed by atoms with van der Waals surface area (Å²) < 4.78 is 0. The summed E-state index contributed by atoms with van der Waals surface area (Å²) in [6.07, 6.45) is 5.28. The summed E-state index contributed by atoms with van der Waals surface area (Å²) in [6, 6.07) is 16.2. The summed E-state index contributed by atoms with van der Waals surface area (Å²) in [7, 11) is 0. The van der Waals surface area contributed by atoms with Crippen molar-refractivity contribution in [1.29, 1.82) is 0 Å². The van der Waals surface area contributed by atoms with Crippen molar-refractivity contribution in [2.24, 2.45) is 5.92 Å². The number of aromatic nitrogens is 1. The van der Waals surface area contributed by atoms with E-state index in [4.69, 9.17) is 0 Å². The number of hydrogen-bond acceptors (Lipinski definition) is 2. The van der Waals surface area contributed by atoms with Gasteiger partial charge < -0.3 is 0 Å². The maximum Gasteiger partial charge on any atom is 0.167 e. The summed E-state index contributed by atoms with van der Waals surface area (Å²) in [5.41, 5.74) is 3.46. The lowest BCUT2D eigenvalue weighted by atomic mass is 9.92. The van der Waals surface area contributed by atoms with Crippen LogP contribution in [0, 0.1) is 5.92 Å². The van der Waals surface area contributed by atoms with E-state index in [0.717, 1.165) is 29.2 Å². The minimum atomic E-state index is 0.0705. The van der Waals surface area contributed by atoms with Crippen molar-refractivity contribution in [3.8, 4) is 0 Å². The molecular weight excluding hydrogens is 258 g/mol. The van der Waals surface area contributed by atoms with Crippen molar-refractivity contribution in [1.82, 2.24) is 4.98 Å². The lowest BCUT2D eigenvalue weighted by Gasteiger charge is -2.10. The molecule has 1 heterocycles. The van der Waals surface area contributed by atoms with Crippen LogP contribution in [0.3, 0.4) is 0 Å². The summed E-state index contributed by atoms with van der Waals surface area (Å²) in [6.45, 7) is 0. The van der Waals surface area contributed by atoms with Gasteiger partial charge in [0, 0.05) is 29.3 Å². The van der Waals surface area contributed by atoms with Crippen molar-refractivity contribution in [3.63, 3.8) is 0 Å². The quantitative estimate of drug-likeness (QED) is 0.664. The minimum absolute atomic E-state index is 0.0705. The Morgan fingerprint density at radius 3 is 2.48 bits per heavy atom. The molecule has 4 rings (SSSR count). The number of ketones is 1. The van der Waals surface area contributed by atoms with Crippen LogP contribution in [0.5, 0.6) is 0 Å². The molecule has 2 nitrogen and oxygen atoms in total. The van der Waals surface area contributed by atoms with Crippen LogP contribution < -0.4 is 0 Å². The van der Waals surface area contributed by atoms with Crippen LogP contribution in [0.25, 0.3) is 10.8 Å². The fraction of sp³-hybridized carbons (Fsp3) is 0.158. The summed E-state index contributed by atoms with van der Waals surface area (Å²) in [4.78, 5) is 17.0. The van der Waals surface area contributed by atoms with Gasteiger partial charge in [0.15, 0.2) is 5.78 Å². The highest BCUT2D eigenvalue weighted by Gasteiger charge is 2.28. The normalized spacial score (nSPS) is 14.3. The van der Waals surface area contributed by atoms with Crippen LogP contribution in [0.4, 0.5) is 0 Å². The Labute approximate surface area is 123 Å². The number of pyridine rings is 1. The fourth-order valence-corrected chi connectivity index (χ4v) is 3.30.